The topological polar surface area (TPSA) is 81.6 Å². The van der Waals surface area contributed by atoms with Gasteiger partial charge in [0.2, 0.25) is 0 Å². The smallest absolute Gasteiger partial charge is 0.305 e. The summed E-state index contributed by atoms with van der Waals surface area (Å²) in [6.45, 7) is 0. The second-order valence-corrected chi connectivity index (χ2v) is 5.39. The van der Waals surface area contributed by atoms with Crippen molar-refractivity contribution in [3.63, 3.8) is 0 Å². The minimum absolute atomic E-state index is 0.102. The van der Waals surface area contributed by atoms with Crippen LogP contribution in [0, 0.1) is 0 Å². The fourth-order valence-corrected chi connectivity index (χ4v) is 3.36. The zero-order valence-corrected chi connectivity index (χ0v) is 10.2. The van der Waals surface area contributed by atoms with Crippen LogP contribution in [0.15, 0.2) is 0 Å². The molecule has 1 fully saturated rings. The van der Waals surface area contributed by atoms with Crippen molar-refractivity contribution in [2.75, 3.05) is 12.9 Å². The van der Waals surface area contributed by atoms with Crippen molar-refractivity contribution >= 4 is 17.7 Å². The fourth-order valence-electron chi connectivity index (χ4n) is 1.81. The summed E-state index contributed by atoms with van der Waals surface area (Å²) in [5.74, 6) is 1.03. The Bertz CT molecular complexity index is 214. The molecule has 88 valence electrons. The maximum atomic E-state index is 10.9. The van der Waals surface area contributed by atoms with E-state index in [-0.39, 0.29) is 5.97 Å². The monoisotopic (exact) mass is 234 g/mol. The summed E-state index contributed by atoms with van der Waals surface area (Å²) in [7, 11) is 1.44. The average Bonchev–Trinajstić information content (AvgIpc) is 2.55. The van der Waals surface area contributed by atoms with Gasteiger partial charge in [0.25, 0.3) is 0 Å². The van der Waals surface area contributed by atoms with Crippen molar-refractivity contribution in [3.05, 3.63) is 0 Å². The van der Waals surface area contributed by atoms with Crippen molar-refractivity contribution < 1.29 is 21.0 Å². The second-order valence-electron chi connectivity index (χ2n) is 4.12. The van der Waals surface area contributed by atoms with Crippen LogP contribution in [-0.2, 0) is 9.53 Å². The van der Waals surface area contributed by atoms with Crippen LogP contribution in [0.2, 0.25) is 0 Å². The molecule has 1 aliphatic heterocycles. The summed E-state index contributed by atoms with van der Waals surface area (Å²) < 4.78 is 4.59. The third kappa shape index (κ3) is 4.01. The first-order valence-corrected chi connectivity index (χ1v) is 6.54. The maximum absolute atomic E-state index is 10.9. The molecule has 0 aliphatic carbocycles. The first-order valence-electron chi connectivity index (χ1n) is 5.49. The Morgan fingerprint density at radius 3 is 2.73 bits per heavy atom. The van der Waals surface area contributed by atoms with Crippen LogP contribution in [0.4, 0.5) is 0 Å². The summed E-state index contributed by atoms with van der Waals surface area (Å²) >= 11 is 1.98. The van der Waals surface area contributed by atoms with E-state index in [0.717, 1.165) is 25.0 Å². The van der Waals surface area contributed by atoms with E-state index >= 15 is 0 Å². The SMILES string of the molecule is COC(=O)CCCC[C@H]1SC[C@@H]([NH3+])[C@H]1[NH3+]. The molecule has 1 heterocycles. The van der Waals surface area contributed by atoms with Gasteiger partial charge >= 0.3 is 5.97 Å². The number of unbranched alkanes of at least 4 members (excludes halogenated alkanes) is 1. The predicted molar refractivity (Wildman–Crippen MR) is 60.1 cm³/mol. The third-order valence-corrected chi connectivity index (χ3v) is 4.59. The maximum Gasteiger partial charge on any atom is 0.305 e. The number of carbonyl (C=O) groups excluding carboxylic acids is 1. The molecule has 0 saturated carbocycles. The highest BCUT2D eigenvalue weighted by atomic mass is 32.2. The van der Waals surface area contributed by atoms with Gasteiger partial charge in [-0.3, -0.25) is 4.79 Å². The highest BCUT2D eigenvalue weighted by molar-refractivity contribution is 8.00. The molecular weight excluding hydrogens is 212 g/mol. The van der Waals surface area contributed by atoms with Gasteiger partial charge in [0, 0.05) is 6.42 Å². The molecule has 0 spiro atoms. The zero-order valence-electron chi connectivity index (χ0n) is 9.41. The lowest BCUT2D eigenvalue weighted by Crippen LogP contribution is -2.80. The van der Waals surface area contributed by atoms with Gasteiger partial charge < -0.3 is 16.2 Å². The van der Waals surface area contributed by atoms with Gasteiger partial charge in [0.1, 0.15) is 12.1 Å². The fraction of sp³-hybridized carbons (Fsp3) is 0.900. The normalized spacial score (nSPS) is 30.5. The molecule has 0 aromatic rings. The van der Waals surface area contributed by atoms with E-state index in [1.54, 1.807) is 0 Å². The molecule has 0 aromatic carbocycles. The second kappa shape index (κ2) is 6.35. The van der Waals surface area contributed by atoms with Gasteiger partial charge in [-0.15, -0.1) is 11.8 Å². The Morgan fingerprint density at radius 1 is 1.47 bits per heavy atom. The molecule has 1 aliphatic rings. The lowest BCUT2D eigenvalue weighted by molar-refractivity contribution is -0.520. The number of hydrogen-bond acceptors (Lipinski definition) is 3. The van der Waals surface area contributed by atoms with E-state index in [1.165, 1.54) is 7.11 Å². The first-order chi connectivity index (χ1) is 7.15. The highest BCUT2D eigenvalue weighted by Gasteiger charge is 2.36. The van der Waals surface area contributed by atoms with Crippen LogP contribution in [0.25, 0.3) is 0 Å². The Balaban J connectivity index is 2.08. The number of esters is 1. The Labute approximate surface area is 95.1 Å². The molecule has 15 heavy (non-hydrogen) atoms. The lowest BCUT2D eigenvalue weighted by Gasteiger charge is -2.11. The van der Waals surface area contributed by atoms with Crippen LogP contribution in [-0.4, -0.2) is 36.2 Å². The third-order valence-electron chi connectivity index (χ3n) is 2.95. The predicted octanol–water partition coefficient (Wildman–Crippen LogP) is -0.944. The Hall–Kier alpha value is -0.260. The number of carbonyl (C=O) groups is 1. The number of methoxy groups -OCH3 is 1. The van der Waals surface area contributed by atoms with E-state index in [9.17, 15) is 4.79 Å². The van der Waals surface area contributed by atoms with Gasteiger partial charge in [0.15, 0.2) is 0 Å². The number of quaternary nitrogens is 2. The Morgan fingerprint density at radius 2 is 2.20 bits per heavy atom. The summed E-state index contributed by atoms with van der Waals surface area (Å²) in [5.41, 5.74) is 8.24. The van der Waals surface area contributed by atoms with Crippen molar-refractivity contribution in [2.45, 2.75) is 43.0 Å². The first kappa shape index (κ1) is 12.8. The quantitative estimate of drug-likeness (QED) is 0.476. The van der Waals surface area contributed by atoms with Gasteiger partial charge in [-0.25, -0.2) is 0 Å². The number of thioether (sulfide) groups is 1. The molecule has 1 rings (SSSR count). The van der Waals surface area contributed by atoms with Crippen LogP contribution in [0.1, 0.15) is 25.7 Å². The zero-order chi connectivity index (χ0) is 11.3. The van der Waals surface area contributed by atoms with E-state index in [4.69, 9.17) is 0 Å². The van der Waals surface area contributed by atoms with Crippen LogP contribution < -0.4 is 11.5 Å². The van der Waals surface area contributed by atoms with Crippen molar-refractivity contribution in [3.8, 4) is 0 Å². The Kier molecular flexibility index (Phi) is 5.42. The summed E-state index contributed by atoms with van der Waals surface area (Å²) in [5, 5.41) is 0.644. The van der Waals surface area contributed by atoms with Crippen LogP contribution in [0.3, 0.4) is 0 Å². The van der Waals surface area contributed by atoms with Crippen molar-refractivity contribution in [2.24, 2.45) is 0 Å². The molecule has 0 amide bonds. The molecule has 0 bridgehead atoms. The summed E-state index contributed by atoms with van der Waals surface area (Å²) in [4.78, 5) is 10.9. The van der Waals surface area contributed by atoms with Crippen molar-refractivity contribution in [1.82, 2.24) is 0 Å². The molecule has 0 aromatic heterocycles. The number of ether oxygens (including phenoxy) is 1. The molecule has 6 N–H and O–H groups in total. The van der Waals surface area contributed by atoms with E-state index < -0.39 is 0 Å². The number of hydrogen-bond donors (Lipinski definition) is 2. The van der Waals surface area contributed by atoms with Crippen LogP contribution in [0.5, 0.6) is 0 Å². The molecule has 5 heteroatoms. The largest absolute Gasteiger partial charge is 0.469 e. The molecule has 0 radical (unpaired) electrons. The van der Waals surface area contributed by atoms with Gasteiger partial charge in [-0.2, -0.15) is 0 Å². The van der Waals surface area contributed by atoms with E-state index in [1.807, 2.05) is 11.8 Å². The lowest BCUT2D eigenvalue weighted by atomic mass is 10.0. The summed E-state index contributed by atoms with van der Waals surface area (Å²) in [6.07, 6.45) is 3.72. The van der Waals surface area contributed by atoms with E-state index in [2.05, 4.69) is 16.2 Å². The summed E-state index contributed by atoms with van der Waals surface area (Å²) in [6, 6.07) is 0.980. The average molecular weight is 234 g/mol. The van der Waals surface area contributed by atoms with Gasteiger partial charge in [-0.05, 0) is 12.8 Å². The minimum Gasteiger partial charge on any atom is -0.469 e. The molecule has 3 atom stereocenters. The van der Waals surface area contributed by atoms with E-state index in [0.29, 0.717) is 23.8 Å². The van der Waals surface area contributed by atoms with Gasteiger partial charge in [0.05, 0.1) is 18.1 Å². The standard InChI is InChI=1S/C10H20N2O2S/c1-14-9(13)5-3-2-4-8-10(12)7(11)6-15-8/h7-8,10H,2-6,11-12H2,1H3/p+2/t7-,8-,10-/m1/s1. The highest BCUT2D eigenvalue weighted by Crippen LogP contribution is 2.27. The molecule has 1 saturated heterocycles. The minimum atomic E-state index is -0.102. The molecule has 4 nitrogen and oxygen atoms in total. The van der Waals surface area contributed by atoms with Crippen molar-refractivity contribution in [1.29, 1.82) is 0 Å². The molecular formula is C10H22N2O2S+2. The molecule has 0 unspecified atom stereocenters. The van der Waals surface area contributed by atoms with Crippen LogP contribution >= 0.6 is 11.8 Å². The number of rotatable bonds is 5. The van der Waals surface area contributed by atoms with Gasteiger partial charge in [-0.1, -0.05) is 6.42 Å².